The summed E-state index contributed by atoms with van der Waals surface area (Å²) in [7, 11) is 0. The molecule has 0 saturated heterocycles. The van der Waals surface area contributed by atoms with Gasteiger partial charge in [-0.25, -0.2) is 4.39 Å². The van der Waals surface area contributed by atoms with Gasteiger partial charge in [0.2, 0.25) is 0 Å². The summed E-state index contributed by atoms with van der Waals surface area (Å²) in [5.74, 6) is -1.12. The van der Waals surface area contributed by atoms with E-state index in [1.807, 2.05) is 0 Å². The van der Waals surface area contributed by atoms with E-state index in [0.717, 1.165) is 6.07 Å². The highest BCUT2D eigenvalue weighted by Crippen LogP contribution is 2.28. The molecule has 0 aromatic heterocycles. The minimum Gasteiger partial charge on any atom is -0.410 e. The first-order valence-corrected chi connectivity index (χ1v) is 4.82. The fraction of sp³-hybridized carbons (Fsp3) is 0.222. The molecule has 16 heavy (non-hydrogen) atoms. The van der Waals surface area contributed by atoms with Crippen molar-refractivity contribution in [1.82, 2.24) is 0 Å². The molecule has 0 saturated carbocycles. The molecule has 0 aliphatic rings. The monoisotopic (exact) mass is 299 g/mol. The molecule has 0 atom stereocenters. The molecule has 0 unspecified atom stereocenters. The largest absolute Gasteiger partial charge is 0.437 e. The number of hydrogen-bond donors (Lipinski definition) is 1. The maximum atomic E-state index is 13.4. The van der Waals surface area contributed by atoms with E-state index in [4.69, 9.17) is 5.21 Å². The Morgan fingerprint density at radius 2 is 1.94 bits per heavy atom. The molecular formula is C9H6BrF4NO. The molecule has 7 heteroatoms. The fourth-order valence-electron chi connectivity index (χ4n) is 1.16. The molecular weight excluding hydrogens is 294 g/mol. The lowest BCUT2D eigenvalue weighted by Gasteiger charge is -2.11. The van der Waals surface area contributed by atoms with E-state index in [0.29, 0.717) is 5.56 Å². The van der Waals surface area contributed by atoms with Gasteiger partial charge in [0, 0.05) is 5.56 Å². The molecule has 2 nitrogen and oxygen atoms in total. The minimum atomic E-state index is -4.91. The molecule has 1 aromatic rings. The van der Waals surface area contributed by atoms with Crippen LogP contribution in [-0.2, 0) is 0 Å². The van der Waals surface area contributed by atoms with Crippen molar-refractivity contribution in [3.8, 4) is 0 Å². The van der Waals surface area contributed by atoms with Gasteiger partial charge in [-0.2, -0.15) is 13.2 Å². The predicted molar refractivity (Wildman–Crippen MR) is 53.2 cm³/mol. The van der Waals surface area contributed by atoms with Crippen molar-refractivity contribution in [2.45, 2.75) is 13.1 Å². The Balaban J connectivity index is 3.44. The number of hydrogen-bond acceptors (Lipinski definition) is 2. The summed E-state index contributed by atoms with van der Waals surface area (Å²) in [6.07, 6.45) is -4.91. The third-order valence-electron chi connectivity index (χ3n) is 1.80. The third-order valence-corrected chi connectivity index (χ3v) is 2.37. The van der Waals surface area contributed by atoms with Crippen LogP contribution in [0.2, 0.25) is 0 Å². The maximum Gasteiger partial charge on any atom is 0.437 e. The normalized spacial score (nSPS) is 13.0. The zero-order chi connectivity index (χ0) is 12.5. The lowest BCUT2D eigenvalue weighted by Crippen LogP contribution is -2.25. The maximum absolute atomic E-state index is 13.4. The topological polar surface area (TPSA) is 32.6 Å². The summed E-state index contributed by atoms with van der Waals surface area (Å²) in [6.45, 7) is 1.50. The van der Waals surface area contributed by atoms with E-state index < -0.39 is 23.3 Å². The van der Waals surface area contributed by atoms with Crippen molar-refractivity contribution < 1.29 is 22.8 Å². The molecule has 0 spiro atoms. The molecule has 0 amide bonds. The van der Waals surface area contributed by atoms with Crippen molar-refractivity contribution in [1.29, 1.82) is 0 Å². The molecule has 0 aliphatic heterocycles. The summed E-state index contributed by atoms with van der Waals surface area (Å²) in [4.78, 5) is 0. The molecule has 0 aliphatic carbocycles. The lowest BCUT2D eigenvalue weighted by molar-refractivity contribution is -0.0602. The number of rotatable bonds is 1. The second kappa shape index (κ2) is 4.40. The molecule has 0 bridgehead atoms. The second-order valence-corrected chi connectivity index (χ2v) is 3.91. The molecule has 0 heterocycles. The van der Waals surface area contributed by atoms with Crippen LogP contribution in [-0.4, -0.2) is 17.1 Å². The number of alkyl halides is 3. The number of nitrogens with zero attached hydrogens (tertiary/aromatic N) is 1. The van der Waals surface area contributed by atoms with Crippen LogP contribution in [0.5, 0.6) is 0 Å². The molecule has 0 radical (unpaired) electrons. The van der Waals surface area contributed by atoms with Crippen molar-refractivity contribution in [2.24, 2.45) is 5.16 Å². The van der Waals surface area contributed by atoms with Crippen LogP contribution in [0.3, 0.4) is 0 Å². The minimum absolute atomic E-state index is 0.118. The van der Waals surface area contributed by atoms with Gasteiger partial charge < -0.3 is 5.21 Å². The van der Waals surface area contributed by atoms with Gasteiger partial charge in [-0.05, 0) is 40.5 Å². The summed E-state index contributed by atoms with van der Waals surface area (Å²) in [6, 6.07) is 2.28. The summed E-state index contributed by atoms with van der Waals surface area (Å²) < 4.78 is 50.4. The van der Waals surface area contributed by atoms with Crippen LogP contribution in [0.25, 0.3) is 0 Å². The first-order valence-electron chi connectivity index (χ1n) is 4.02. The highest BCUT2D eigenvalue weighted by Gasteiger charge is 2.39. The zero-order valence-electron chi connectivity index (χ0n) is 7.94. The van der Waals surface area contributed by atoms with Gasteiger partial charge in [0.25, 0.3) is 0 Å². The third kappa shape index (κ3) is 2.52. The Hall–Kier alpha value is -1.11. The van der Waals surface area contributed by atoms with E-state index >= 15 is 0 Å². The van der Waals surface area contributed by atoms with Gasteiger partial charge in [0.15, 0.2) is 5.71 Å². The SMILES string of the molecule is Cc1cc(Br)c(F)c(C(=NO)C(F)(F)F)c1. The van der Waals surface area contributed by atoms with Gasteiger partial charge in [-0.3, -0.25) is 0 Å². The van der Waals surface area contributed by atoms with E-state index in [-0.39, 0.29) is 4.47 Å². The molecule has 1 rings (SSSR count). The quantitative estimate of drug-likeness (QED) is 0.365. The standard InChI is InChI=1S/C9H6BrF4NO/c1-4-2-5(7(11)6(10)3-4)8(15-16)9(12,13)14/h2-3,16H,1H3. The van der Waals surface area contributed by atoms with Crippen LogP contribution >= 0.6 is 15.9 Å². The Morgan fingerprint density at radius 3 is 2.38 bits per heavy atom. The van der Waals surface area contributed by atoms with Gasteiger partial charge in [0.05, 0.1) is 4.47 Å². The average molecular weight is 300 g/mol. The molecule has 88 valence electrons. The number of halogens is 5. The molecule has 0 fully saturated rings. The van der Waals surface area contributed by atoms with Crippen molar-refractivity contribution in [3.63, 3.8) is 0 Å². The Morgan fingerprint density at radius 1 is 1.38 bits per heavy atom. The lowest BCUT2D eigenvalue weighted by atomic mass is 10.1. The number of aryl methyl sites for hydroxylation is 1. The molecule has 1 aromatic carbocycles. The van der Waals surface area contributed by atoms with Crippen molar-refractivity contribution in [3.05, 3.63) is 33.5 Å². The molecule has 1 N–H and O–H groups in total. The zero-order valence-corrected chi connectivity index (χ0v) is 9.52. The second-order valence-electron chi connectivity index (χ2n) is 3.05. The van der Waals surface area contributed by atoms with Gasteiger partial charge in [0.1, 0.15) is 5.82 Å². The van der Waals surface area contributed by atoms with Gasteiger partial charge in [-0.15, -0.1) is 0 Å². The Kier molecular flexibility index (Phi) is 3.57. The fourth-order valence-corrected chi connectivity index (χ4v) is 1.73. The summed E-state index contributed by atoms with van der Waals surface area (Å²) in [5, 5.41) is 10.4. The van der Waals surface area contributed by atoms with Crippen molar-refractivity contribution in [2.75, 3.05) is 0 Å². The Bertz CT molecular complexity index is 442. The summed E-state index contributed by atoms with van der Waals surface area (Å²) in [5.41, 5.74) is -2.04. The smallest absolute Gasteiger partial charge is 0.410 e. The van der Waals surface area contributed by atoms with Crippen molar-refractivity contribution >= 4 is 21.6 Å². The van der Waals surface area contributed by atoms with E-state index in [9.17, 15) is 17.6 Å². The first-order chi connectivity index (χ1) is 7.27. The van der Waals surface area contributed by atoms with Crippen LogP contribution in [0.1, 0.15) is 11.1 Å². The van der Waals surface area contributed by atoms with Crippen LogP contribution < -0.4 is 0 Å². The van der Waals surface area contributed by atoms with E-state index in [1.165, 1.54) is 13.0 Å². The number of benzene rings is 1. The van der Waals surface area contributed by atoms with E-state index in [2.05, 4.69) is 21.1 Å². The summed E-state index contributed by atoms with van der Waals surface area (Å²) >= 11 is 2.78. The first kappa shape index (κ1) is 13.0. The van der Waals surface area contributed by atoms with Gasteiger partial charge >= 0.3 is 6.18 Å². The predicted octanol–water partition coefficient (Wildman–Crippen LogP) is 3.64. The van der Waals surface area contributed by atoms with Crippen LogP contribution in [0, 0.1) is 12.7 Å². The van der Waals surface area contributed by atoms with Gasteiger partial charge in [-0.1, -0.05) is 5.16 Å². The number of oxime groups is 1. The highest BCUT2D eigenvalue weighted by atomic mass is 79.9. The van der Waals surface area contributed by atoms with Crippen LogP contribution in [0.15, 0.2) is 21.8 Å². The highest BCUT2D eigenvalue weighted by molar-refractivity contribution is 9.10. The van der Waals surface area contributed by atoms with Crippen LogP contribution in [0.4, 0.5) is 17.6 Å². The average Bonchev–Trinajstić information content (AvgIpc) is 2.11. The van der Waals surface area contributed by atoms with E-state index in [1.54, 1.807) is 0 Å². The Labute approximate surface area is 96.7 Å².